The minimum absolute atomic E-state index is 0.0376. The summed E-state index contributed by atoms with van der Waals surface area (Å²) in [4.78, 5) is 15.5. The van der Waals surface area contributed by atoms with Gasteiger partial charge in [-0.3, -0.25) is 4.79 Å². The van der Waals surface area contributed by atoms with E-state index >= 15 is 0 Å². The molecule has 0 bridgehead atoms. The fourth-order valence-corrected chi connectivity index (χ4v) is 4.44. The van der Waals surface area contributed by atoms with E-state index < -0.39 is 0 Å². The number of hydrogen-bond donors (Lipinski definition) is 2. The van der Waals surface area contributed by atoms with Gasteiger partial charge in [-0.05, 0) is 47.5 Å². The summed E-state index contributed by atoms with van der Waals surface area (Å²) in [6, 6.07) is 12.4. The Labute approximate surface area is 161 Å². The van der Waals surface area contributed by atoms with Gasteiger partial charge in [-0.25, -0.2) is 0 Å². The molecule has 0 radical (unpaired) electrons. The molecule has 27 heavy (non-hydrogen) atoms. The zero-order valence-corrected chi connectivity index (χ0v) is 16.4. The smallest absolute Gasteiger partial charge is 0.266 e. The Hall–Kier alpha value is -2.63. The third-order valence-corrected chi connectivity index (χ3v) is 6.07. The molecule has 0 aliphatic rings. The Kier molecular flexibility index (Phi) is 4.50. The predicted molar refractivity (Wildman–Crippen MR) is 114 cm³/mol. The van der Waals surface area contributed by atoms with Crippen LogP contribution in [0.2, 0.25) is 0 Å². The van der Waals surface area contributed by atoms with E-state index in [9.17, 15) is 4.79 Å². The Morgan fingerprint density at radius 1 is 1.22 bits per heavy atom. The Morgan fingerprint density at radius 2 is 1.96 bits per heavy atom. The molecule has 0 fully saturated rings. The van der Waals surface area contributed by atoms with Crippen molar-refractivity contribution in [3.63, 3.8) is 0 Å². The van der Waals surface area contributed by atoms with Crippen LogP contribution in [0.3, 0.4) is 0 Å². The molecule has 0 spiro atoms. The van der Waals surface area contributed by atoms with Gasteiger partial charge in [0.05, 0.1) is 12.6 Å². The number of benzene rings is 2. The molecule has 2 aromatic heterocycles. The lowest BCUT2D eigenvalue weighted by molar-refractivity contribution is 0.416. The van der Waals surface area contributed by atoms with E-state index in [2.05, 4.69) is 36.2 Å². The van der Waals surface area contributed by atoms with Crippen molar-refractivity contribution in [2.24, 2.45) is 5.73 Å². The van der Waals surface area contributed by atoms with E-state index in [4.69, 9.17) is 10.5 Å². The van der Waals surface area contributed by atoms with Gasteiger partial charge in [-0.1, -0.05) is 31.2 Å². The Bertz CT molecular complexity index is 1190. The van der Waals surface area contributed by atoms with E-state index in [1.807, 2.05) is 24.4 Å². The molecule has 2 aromatic carbocycles. The number of aryl methyl sites for hydroxylation is 1. The quantitative estimate of drug-likeness (QED) is 0.517. The second kappa shape index (κ2) is 6.83. The number of pyridine rings is 1. The molecule has 0 unspecified atom stereocenters. The third kappa shape index (κ3) is 2.83. The maximum absolute atomic E-state index is 12.5. The Morgan fingerprint density at radius 3 is 2.63 bits per heavy atom. The summed E-state index contributed by atoms with van der Waals surface area (Å²) in [6.45, 7) is 4.07. The highest BCUT2D eigenvalue weighted by atomic mass is 32.1. The second-order valence-corrected chi connectivity index (χ2v) is 7.69. The monoisotopic (exact) mass is 378 g/mol. The number of methoxy groups -OCH3 is 1. The number of aromatic nitrogens is 1. The van der Waals surface area contributed by atoms with Crippen molar-refractivity contribution in [2.75, 3.05) is 7.11 Å². The third-order valence-electron chi connectivity index (χ3n) is 5.15. The first kappa shape index (κ1) is 17.8. The van der Waals surface area contributed by atoms with E-state index in [0.717, 1.165) is 55.4 Å². The van der Waals surface area contributed by atoms with Crippen molar-refractivity contribution in [3.05, 3.63) is 63.3 Å². The number of ether oxygens (including phenoxy) is 1. The van der Waals surface area contributed by atoms with Crippen LogP contribution < -0.4 is 16.0 Å². The van der Waals surface area contributed by atoms with Crippen molar-refractivity contribution in [1.82, 2.24) is 4.98 Å². The summed E-state index contributed by atoms with van der Waals surface area (Å²) in [7, 11) is 1.68. The van der Waals surface area contributed by atoms with Gasteiger partial charge in [-0.15, -0.1) is 11.3 Å². The number of nitrogens with two attached hydrogens (primary N) is 1. The van der Waals surface area contributed by atoms with Gasteiger partial charge >= 0.3 is 0 Å². The van der Waals surface area contributed by atoms with Gasteiger partial charge in [0.1, 0.15) is 10.4 Å². The van der Waals surface area contributed by atoms with E-state index in [-0.39, 0.29) is 11.6 Å². The lowest BCUT2D eigenvalue weighted by Gasteiger charge is -2.16. The fourth-order valence-electron chi connectivity index (χ4n) is 3.65. The van der Waals surface area contributed by atoms with Gasteiger partial charge in [0.15, 0.2) is 0 Å². The highest BCUT2D eigenvalue weighted by Gasteiger charge is 2.18. The van der Waals surface area contributed by atoms with Crippen LogP contribution in [0.1, 0.15) is 30.5 Å². The summed E-state index contributed by atoms with van der Waals surface area (Å²) in [5.74, 6) is 0.798. The number of hydrogen-bond acceptors (Lipinski definition) is 4. The molecule has 3 N–H and O–H groups in total. The number of aromatic amines is 1. The molecule has 0 amide bonds. The van der Waals surface area contributed by atoms with Crippen molar-refractivity contribution in [3.8, 4) is 16.9 Å². The summed E-state index contributed by atoms with van der Waals surface area (Å²) in [5, 5.41) is 3.95. The first-order valence-electron chi connectivity index (χ1n) is 9.01. The minimum Gasteiger partial charge on any atom is -0.496 e. The molecule has 0 saturated carbocycles. The molecule has 0 aliphatic carbocycles. The lowest BCUT2D eigenvalue weighted by atomic mass is 9.93. The van der Waals surface area contributed by atoms with Crippen LogP contribution in [0, 0.1) is 6.92 Å². The van der Waals surface area contributed by atoms with E-state index in [1.165, 1.54) is 11.3 Å². The highest BCUT2D eigenvalue weighted by molar-refractivity contribution is 7.17. The van der Waals surface area contributed by atoms with Crippen molar-refractivity contribution in [1.29, 1.82) is 0 Å². The normalized spacial score (nSPS) is 12.6. The zero-order valence-electron chi connectivity index (χ0n) is 15.6. The van der Waals surface area contributed by atoms with Gasteiger partial charge in [0.25, 0.3) is 5.56 Å². The summed E-state index contributed by atoms with van der Waals surface area (Å²) in [5.41, 5.74) is 11.1. The van der Waals surface area contributed by atoms with Crippen molar-refractivity contribution in [2.45, 2.75) is 26.3 Å². The molecule has 0 aliphatic heterocycles. The number of H-pyrrole nitrogens is 1. The topological polar surface area (TPSA) is 68.1 Å². The number of fused-ring (bicyclic) bond motifs is 3. The van der Waals surface area contributed by atoms with Crippen LogP contribution in [0.25, 0.3) is 32.1 Å². The van der Waals surface area contributed by atoms with Crippen LogP contribution in [-0.2, 0) is 0 Å². The van der Waals surface area contributed by atoms with Gasteiger partial charge in [0.2, 0.25) is 0 Å². The first-order valence-corrected chi connectivity index (χ1v) is 9.89. The fraction of sp³-hybridized carbons (Fsp3) is 0.227. The van der Waals surface area contributed by atoms with Crippen molar-refractivity contribution >= 4 is 32.3 Å². The number of nitrogens with one attached hydrogen (secondary N) is 1. The van der Waals surface area contributed by atoms with Crippen LogP contribution in [0.5, 0.6) is 5.75 Å². The molecule has 4 rings (SSSR count). The van der Waals surface area contributed by atoms with Crippen LogP contribution >= 0.6 is 11.3 Å². The lowest BCUT2D eigenvalue weighted by Crippen LogP contribution is -2.08. The minimum atomic E-state index is -0.0454. The molecule has 4 nitrogen and oxygen atoms in total. The maximum Gasteiger partial charge on any atom is 0.266 e. The van der Waals surface area contributed by atoms with Gasteiger partial charge < -0.3 is 15.5 Å². The molecule has 2 heterocycles. The largest absolute Gasteiger partial charge is 0.496 e. The van der Waals surface area contributed by atoms with Crippen LogP contribution in [0.15, 0.2) is 46.6 Å². The summed E-state index contributed by atoms with van der Waals surface area (Å²) < 4.78 is 6.47. The molecular formula is C22H22N2O2S. The second-order valence-electron chi connectivity index (χ2n) is 6.77. The maximum atomic E-state index is 12.5. The molecule has 138 valence electrons. The molecule has 5 heteroatoms. The molecule has 4 aromatic rings. The van der Waals surface area contributed by atoms with E-state index in [0.29, 0.717) is 0 Å². The molecular weight excluding hydrogens is 356 g/mol. The average molecular weight is 378 g/mol. The first-order chi connectivity index (χ1) is 13.0. The predicted octanol–water partition coefficient (Wildman–Crippen LogP) is 5.14. The van der Waals surface area contributed by atoms with Crippen molar-refractivity contribution < 1.29 is 4.74 Å². The summed E-state index contributed by atoms with van der Waals surface area (Å²) >= 11 is 1.46. The average Bonchev–Trinajstić information content (AvgIpc) is 3.18. The number of thiophene rings is 1. The summed E-state index contributed by atoms with van der Waals surface area (Å²) in [6.07, 6.45) is 0.896. The number of rotatable bonds is 4. The Balaban J connectivity index is 2.08. The van der Waals surface area contributed by atoms with Gasteiger partial charge in [0, 0.05) is 22.4 Å². The zero-order chi connectivity index (χ0) is 19.1. The van der Waals surface area contributed by atoms with E-state index in [1.54, 1.807) is 7.11 Å². The van der Waals surface area contributed by atoms with Crippen LogP contribution in [-0.4, -0.2) is 12.1 Å². The standard InChI is InChI=1S/C22H22N2O2S/c1-4-16(23)13-5-7-14(8-6-13)18-17(26-3)11-12(2)20-19(18)15-9-10-27-21(15)22(25)24-20/h5-11,16H,4,23H2,1-3H3,(H,24,25)/t16-/m1/s1. The van der Waals surface area contributed by atoms with Gasteiger partial charge in [-0.2, -0.15) is 0 Å². The molecule has 1 atom stereocenters. The molecule has 0 saturated heterocycles. The van der Waals surface area contributed by atoms with Crippen LogP contribution in [0.4, 0.5) is 0 Å². The SMILES string of the molecule is CC[C@@H](N)c1ccc(-c2c(OC)cc(C)c3[nH]c(=O)c4sccc4c23)cc1. The highest BCUT2D eigenvalue weighted by Crippen LogP contribution is 2.41.